The van der Waals surface area contributed by atoms with Gasteiger partial charge in [0.05, 0.1) is 5.69 Å². The van der Waals surface area contributed by atoms with Crippen LogP contribution in [-0.2, 0) is 4.79 Å². The van der Waals surface area contributed by atoms with E-state index in [-0.39, 0.29) is 24.2 Å². The van der Waals surface area contributed by atoms with E-state index in [0.29, 0.717) is 22.6 Å². The number of rotatable bonds is 7. The minimum Gasteiger partial charge on any atom is -0.484 e. The summed E-state index contributed by atoms with van der Waals surface area (Å²) in [6.07, 6.45) is 0. The number of Topliss-reactive ketones (excluding diaryl/α,β-unsaturated/α-hetero) is 1. The Morgan fingerprint density at radius 2 is 1.53 bits per heavy atom. The Kier molecular flexibility index (Phi) is 6.32. The first-order valence-electron chi connectivity index (χ1n) is 9.44. The SMILES string of the molecule is CC(=O)c1ccccc1NC(=O)COc1ccc(C(=O)Nn2c(C)ccc2C)cc1. The molecule has 0 aliphatic heterocycles. The topological polar surface area (TPSA) is 89.4 Å². The van der Waals surface area contributed by atoms with Gasteiger partial charge in [-0.1, -0.05) is 12.1 Å². The van der Waals surface area contributed by atoms with E-state index in [1.54, 1.807) is 53.2 Å². The second-order valence-electron chi connectivity index (χ2n) is 6.86. The molecule has 0 bridgehead atoms. The monoisotopic (exact) mass is 405 g/mol. The fourth-order valence-corrected chi connectivity index (χ4v) is 2.95. The number of hydrogen-bond donors (Lipinski definition) is 2. The average molecular weight is 405 g/mol. The van der Waals surface area contributed by atoms with Gasteiger partial charge >= 0.3 is 0 Å². The van der Waals surface area contributed by atoms with Crippen LogP contribution in [-0.4, -0.2) is 28.9 Å². The fraction of sp³-hybridized carbons (Fsp3) is 0.174. The molecule has 3 rings (SSSR count). The number of hydrogen-bond acceptors (Lipinski definition) is 4. The summed E-state index contributed by atoms with van der Waals surface area (Å²) in [5.74, 6) is -0.313. The van der Waals surface area contributed by atoms with Crippen molar-refractivity contribution in [2.75, 3.05) is 17.3 Å². The number of para-hydroxylation sites is 1. The van der Waals surface area contributed by atoms with Crippen LogP contribution in [0.5, 0.6) is 5.75 Å². The molecule has 2 amide bonds. The van der Waals surface area contributed by atoms with E-state index in [2.05, 4.69) is 10.7 Å². The average Bonchev–Trinajstić information content (AvgIpc) is 3.05. The minimum absolute atomic E-state index is 0.133. The molecule has 154 valence electrons. The zero-order valence-electron chi connectivity index (χ0n) is 17.1. The maximum Gasteiger partial charge on any atom is 0.270 e. The summed E-state index contributed by atoms with van der Waals surface area (Å²) < 4.78 is 7.20. The van der Waals surface area contributed by atoms with Gasteiger partial charge in [-0.15, -0.1) is 0 Å². The summed E-state index contributed by atoms with van der Waals surface area (Å²) in [4.78, 5) is 36.2. The van der Waals surface area contributed by atoms with Gasteiger partial charge in [0.1, 0.15) is 5.75 Å². The normalized spacial score (nSPS) is 10.4. The van der Waals surface area contributed by atoms with Crippen molar-refractivity contribution >= 4 is 23.3 Å². The number of nitrogens with one attached hydrogen (secondary N) is 2. The second kappa shape index (κ2) is 9.09. The number of amides is 2. The number of benzene rings is 2. The Hall–Kier alpha value is -3.87. The summed E-state index contributed by atoms with van der Waals surface area (Å²) in [6.45, 7) is 5.03. The van der Waals surface area contributed by atoms with E-state index in [9.17, 15) is 14.4 Å². The molecule has 0 radical (unpaired) electrons. The van der Waals surface area contributed by atoms with Gasteiger partial charge in [0.15, 0.2) is 12.4 Å². The van der Waals surface area contributed by atoms with E-state index >= 15 is 0 Å². The molecule has 0 saturated heterocycles. The molecular weight excluding hydrogens is 382 g/mol. The third-order valence-corrected chi connectivity index (χ3v) is 4.55. The standard InChI is InChI=1S/C23H23N3O4/c1-15-8-9-16(2)26(15)25-23(29)18-10-12-19(13-11-18)30-14-22(28)24-21-7-5-4-6-20(21)17(3)27/h4-13H,14H2,1-3H3,(H,24,28)(H,25,29). The number of carbonyl (C=O) groups is 3. The third-order valence-electron chi connectivity index (χ3n) is 4.55. The number of aromatic nitrogens is 1. The summed E-state index contributed by atoms with van der Waals surface area (Å²) in [5.41, 5.74) is 6.04. The molecular formula is C23H23N3O4. The lowest BCUT2D eigenvalue weighted by Gasteiger charge is -2.12. The first-order chi connectivity index (χ1) is 14.3. The molecule has 1 aromatic heterocycles. The van der Waals surface area contributed by atoms with E-state index in [4.69, 9.17) is 4.74 Å². The van der Waals surface area contributed by atoms with Gasteiger partial charge < -0.3 is 10.1 Å². The van der Waals surface area contributed by atoms with Gasteiger partial charge in [-0.2, -0.15) is 0 Å². The number of carbonyl (C=O) groups excluding carboxylic acids is 3. The molecule has 30 heavy (non-hydrogen) atoms. The van der Waals surface area contributed by atoms with Crippen LogP contribution in [0.2, 0.25) is 0 Å². The van der Waals surface area contributed by atoms with Gasteiger partial charge in [0.25, 0.3) is 11.8 Å². The molecule has 0 unspecified atom stereocenters. The molecule has 0 fully saturated rings. The maximum atomic E-state index is 12.4. The highest BCUT2D eigenvalue weighted by atomic mass is 16.5. The lowest BCUT2D eigenvalue weighted by Crippen LogP contribution is -2.24. The maximum absolute atomic E-state index is 12.4. The summed E-state index contributed by atoms with van der Waals surface area (Å²) >= 11 is 0. The van der Waals surface area contributed by atoms with E-state index in [1.165, 1.54) is 6.92 Å². The van der Waals surface area contributed by atoms with E-state index < -0.39 is 0 Å². The number of anilines is 1. The van der Waals surface area contributed by atoms with Crippen LogP contribution in [0, 0.1) is 13.8 Å². The van der Waals surface area contributed by atoms with Crippen LogP contribution in [0.1, 0.15) is 39.0 Å². The van der Waals surface area contributed by atoms with E-state index in [1.807, 2.05) is 26.0 Å². The Morgan fingerprint density at radius 3 is 2.17 bits per heavy atom. The second-order valence-corrected chi connectivity index (χ2v) is 6.86. The van der Waals surface area contributed by atoms with Crippen LogP contribution in [0.25, 0.3) is 0 Å². The van der Waals surface area contributed by atoms with Gasteiger partial charge in [0.2, 0.25) is 0 Å². The number of aryl methyl sites for hydroxylation is 2. The van der Waals surface area contributed by atoms with Crippen LogP contribution < -0.4 is 15.5 Å². The molecule has 1 heterocycles. The van der Waals surface area contributed by atoms with Crippen molar-refractivity contribution in [1.82, 2.24) is 4.68 Å². The molecule has 2 aromatic carbocycles. The minimum atomic E-state index is -0.385. The highest BCUT2D eigenvalue weighted by molar-refractivity contribution is 6.04. The predicted octanol–water partition coefficient (Wildman–Crippen LogP) is 3.71. The molecule has 2 N–H and O–H groups in total. The smallest absolute Gasteiger partial charge is 0.270 e. The molecule has 7 heteroatoms. The van der Waals surface area contributed by atoms with Gasteiger partial charge in [0, 0.05) is 22.5 Å². The van der Waals surface area contributed by atoms with Crippen molar-refractivity contribution in [3.8, 4) is 5.75 Å². The van der Waals surface area contributed by atoms with Crippen LogP contribution in [0.4, 0.5) is 5.69 Å². The van der Waals surface area contributed by atoms with Crippen molar-refractivity contribution in [3.63, 3.8) is 0 Å². The van der Waals surface area contributed by atoms with Gasteiger partial charge in [-0.05, 0) is 69.3 Å². The number of ether oxygens (including phenoxy) is 1. The predicted molar refractivity (Wildman–Crippen MR) is 115 cm³/mol. The van der Waals surface area contributed by atoms with Crippen molar-refractivity contribution in [2.24, 2.45) is 0 Å². The van der Waals surface area contributed by atoms with Crippen molar-refractivity contribution in [1.29, 1.82) is 0 Å². The Labute approximate surface area is 174 Å². The molecule has 3 aromatic rings. The lowest BCUT2D eigenvalue weighted by molar-refractivity contribution is -0.118. The molecule has 0 spiro atoms. The van der Waals surface area contributed by atoms with Crippen LogP contribution >= 0.6 is 0 Å². The van der Waals surface area contributed by atoms with Crippen LogP contribution in [0.3, 0.4) is 0 Å². The third kappa shape index (κ3) is 4.94. The first-order valence-corrected chi connectivity index (χ1v) is 9.44. The molecule has 0 saturated carbocycles. The number of ketones is 1. The molecule has 7 nitrogen and oxygen atoms in total. The van der Waals surface area contributed by atoms with Gasteiger partial charge in [-0.3, -0.25) is 24.5 Å². The Bertz CT molecular complexity index is 1060. The van der Waals surface area contributed by atoms with Crippen molar-refractivity contribution < 1.29 is 19.1 Å². The largest absolute Gasteiger partial charge is 0.484 e. The molecule has 0 aliphatic carbocycles. The zero-order chi connectivity index (χ0) is 21.7. The lowest BCUT2D eigenvalue weighted by atomic mass is 10.1. The molecule has 0 atom stereocenters. The zero-order valence-corrected chi connectivity index (χ0v) is 17.1. The highest BCUT2D eigenvalue weighted by Crippen LogP contribution is 2.16. The Balaban J connectivity index is 1.56. The molecule has 0 aliphatic rings. The first kappa shape index (κ1) is 20.9. The van der Waals surface area contributed by atoms with Crippen molar-refractivity contribution in [3.05, 3.63) is 83.2 Å². The van der Waals surface area contributed by atoms with Crippen LogP contribution in [0.15, 0.2) is 60.7 Å². The van der Waals surface area contributed by atoms with Crippen molar-refractivity contribution in [2.45, 2.75) is 20.8 Å². The summed E-state index contributed by atoms with van der Waals surface area (Å²) in [6, 6.07) is 17.1. The summed E-state index contributed by atoms with van der Waals surface area (Å²) in [5, 5.41) is 2.68. The fourth-order valence-electron chi connectivity index (χ4n) is 2.95. The quantitative estimate of drug-likeness (QED) is 0.587. The van der Waals surface area contributed by atoms with Gasteiger partial charge in [-0.25, -0.2) is 0 Å². The van der Waals surface area contributed by atoms with E-state index in [0.717, 1.165) is 11.4 Å². The Morgan fingerprint density at radius 1 is 0.900 bits per heavy atom. The summed E-state index contributed by atoms with van der Waals surface area (Å²) in [7, 11) is 0. The number of nitrogens with zero attached hydrogens (tertiary/aromatic N) is 1. The highest BCUT2D eigenvalue weighted by Gasteiger charge is 2.11.